The summed E-state index contributed by atoms with van der Waals surface area (Å²) in [5.74, 6) is 0. The zero-order valence-electron chi connectivity index (χ0n) is 22.4. The molecule has 0 fully saturated rings. The first-order valence-electron chi connectivity index (χ1n) is 14.0. The van der Waals surface area contributed by atoms with E-state index in [0.29, 0.717) is 0 Å². The molecule has 1 heterocycles. The first kappa shape index (κ1) is 22.9. The summed E-state index contributed by atoms with van der Waals surface area (Å²) in [5, 5.41) is 8.92. The second-order valence-electron chi connectivity index (χ2n) is 10.8. The highest BCUT2D eigenvalue weighted by Gasteiger charge is 2.23. The van der Waals surface area contributed by atoms with Gasteiger partial charge >= 0.3 is 0 Å². The van der Waals surface area contributed by atoms with E-state index in [1.54, 1.807) is 0 Å². The van der Waals surface area contributed by atoms with Gasteiger partial charge in [0, 0.05) is 16.8 Å². The number of anilines is 2. The second kappa shape index (κ2) is 9.03. The fourth-order valence-electron chi connectivity index (χ4n) is 6.43. The van der Waals surface area contributed by atoms with E-state index in [2.05, 4.69) is 150 Å². The smallest absolute Gasteiger partial charge is 0.0777 e. The van der Waals surface area contributed by atoms with Crippen molar-refractivity contribution in [3.8, 4) is 11.1 Å². The van der Waals surface area contributed by atoms with Crippen molar-refractivity contribution in [3.63, 3.8) is 0 Å². The molecule has 7 aromatic rings. The Hall–Kier alpha value is -5.02. The number of rotatable bonds is 5. The largest absolute Gasteiger partial charge is 0.377 e. The van der Waals surface area contributed by atoms with Gasteiger partial charge in [-0.15, -0.1) is 0 Å². The molecule has 2 N–H and O–H groups in total. The number of nitrogens with zero attached hydrogens (tertiary/aromatic N) is 1. The van der Waals surface area contributed by atoms with Gasteiger partial charge < -0.3 is 5.32 Å². The summed E-state index contributed by atoms with van der Waals surface area (Å²) in [7, 11) is 0. The van der Waals surface area contributed by atoms with Crippen LogP contribution in [0.1, 0.15) is 29.7 Å². The molecule has 1 aromatic heterocycles. The lowest BCUT2D eigenvalue weighted by Crippen LogP contribution is -2.13. The number of hydrogen-bond acceptors (Lipinski definition) is 2. The van der Waals surface area contributed by atoms with Gasteiger partial charge in [0.05, 0.1) is 22.4 Å². The standard InChI is InChI=1S/C37H29N3/c1-24(25-11-3-2-4-12-25)38-34-16-8-9-17-35(34)39-40-36-18-10-7-15-30(36)33-23-31-27(22-37(33)40)21-32-28-14-6-5-13-26(28)19-20-29(31)32/h2-20,22-24,38-39H,21H2,1H3. The molecule has 192 valence electrons. The van der Waals surface area contributed by atoms with Gasteiger partial charge in [0.15, 0.2) is 0 Å². The van der Waals surface area contributed by atoms with Crippen LogP contribution in [0.15, 0.2) is 127 Å². The fraction of sp³-hybridized carbons (Fsp3) is 0.0811. The summed E-state index contributed by atoms with van der Waals surface area (Å²) in [6, 6.07) is 46.1. The van der Waals surface area contributed by atoms with Crippen LogP contribution < -0.4 is 10.7 Å². The van der Waals surface area contributed by atoms with Gasteiger partial charge in [-0.2, -0.15) is 0 Å². The van der Waals surface area contributed by atoms with Crippen molar-refractivity contribution >= 4 is 44.0 Å². The normalized spacial score (nSPS) is 12.9. The zero-order valence-corrected chi connectivity index (χ0v) is 22.4. The number of benzene rings is 6. The lowest BCUT2D eigenvalue weighted by molar-refractivity contribution is 0.883. The summed E-state index contributed by atoms with van der Waals surface area (Å²) in [5.41, 5.74) is 15.1. The van der Waals surface area contributed by atoms with Crippen LogP contribution in [-0.4, -0.2) is 4.68 Å². The third-order valence-corrected chi connectivity index (χ3v) is 8.43. The maximum absolute atomic E-state index is 3.79. The molecule has 0 bridgehead atoms. The maximum Gasteiger partial charge on any atom is 0.0777 e. The van der Waals surface area contributed by atoms with E-state index in [0.717, 1.165) is 17.8 Å². The van der Waals surface area contributed by atoms with Crippen molar-refractivity contribution in [2.75, 3.05) is 10.7 Å². The molecule has 6 aromatic carbocycles. The minimum absolute atomic E-state index is 0.180. The lowest BCUT2D eigenvalue weighted by Gasteiger charge is -2.20. The molecule has 1 unspecified atom stereocenters. The van der Waals surface area contributed by atoms with Crippen molar-refractivity contribution in [3.05, 3.63) is 144 Å². The number of hydrogen-bond donors (Lipinski definition) is 2. The quantitative estimate of drug-likeness (QED) is 0.239. The van der Waals surface area contributed by atoms with Gasteiger partial charge in [-0.3, -0.25) is 10.1 Å². The Labute approximate surface area is 233 Å². The average molecular weight is 516 g/mol. The van der Waals surface area contributed by atoms with E-state index >= 15 is 0 Å². The first-order valence-corrected chi connectivity index (χ1v) is 14.0. The zero-order chi connectivity index (χ0) is 26.6. The van der Waals surface area contributed by atoms with E-state index in [4.69, 9.17) is 0 Å². The topological polar surface area (TPSA) is 29.0 Å². The minimum Gasteiger partial charge on any atom is -0.377 e. The summed E-state index contributed by atoms with van der Waals surface area (Å²) >= 11 is 0. The third kappa shape index (κ3) is 3.59. The van der Waals surface area contributed by atoms with Gasteiger partial charge in [0.25, 0.3) is 0 Å². The molecular formula is C37H29N3. The lowest BCUT2D eigenvalue weighted by atomic mass is 9.99. The Kier molecular flexibility index (Phi) is 5.17. The van der Waals surface area contributed by atoms with Crippen molar-refractivity contribution in [1.29, 1.82) is 0 Å². The van der Waals surface area contributed by atoms with E-state index in [9.17, 15) is 0 Å². The van der Waals surface area contributed by atoms with Gasteiger partial charge in [0.2, 0.25) is 0 Å². The number of fused-ring (bicyclic) bond motifs is 8. The van der Waals surface area contributed by atoms with E-state index < -0.39 is 0 Å². The Morgan fingerprint density at radius 2 is 1.32 bits per heavy atom. The van der Waals surface area contributed by atoms with Crippen LogP contribution in [0, 0.1) is 0 Å². The van der Waals surface area contributed by atoms with Crippen LogP contribution in [0.2, 0.25) is 0 Å². The molecule has 0 radical (unpaired) electrons. The predicted molar refractivity (Wildman–Crippen MR) is 169 cm³/mol. The van der Waals surface area contributed by atoms with Crippen LogP contribution in [-0.2, 0) is 6.42 Å². The molecule has 0 amide bonds. The van der Waals surface area contributed by atoms with Crippen LogP contribution in [0.5, 0.6) is 0 Å². The Balaban J connectivity index is 1.25. The highest BCUT2D eigenvalue weighted by molar-refractivity contribution is 6.11. The first-order chi connectivity index (χ1) is 19.7. The molecule has 8 rings (SSSR count). The maximum atomic E-state index is 3.79. The molecule has 3 heteroatoms. The summed E-state index contributed by atoms with van der Waals surface area (Å²) < 4.78 is 2.26. The molecule has 0 aliphatic heterocycles. The van der Waals surface area contributed by atoms with Crippen LogP contribution >= 0.6 is 0 Å². The number of para-hydroxylation sites is 3. The van der Waals surface area contributed by atoms with Crippen LogP contribution in [0.4, 0.5) is 11.4 Å². The molecular weight excluding hydrogens is 486 g/mol. The SMILES string of the molecule is CC(Nc1ccccc1Nn1c2ccccc2c2cc3c(cc21)Cc1c-3ccc2ccccc12)c1ccccc1. The van der Waals surface area contributed by atoms with Gasteiger partial charge in [-0.05, 0) is 82.3 Å². The Morgan fingerprint density at radius 3 is 2.20 bits per heavy atom. The summed E-state index contributed by atoms with van der Waals surface area (Å²) in [4.78, 5) is 0. The molecule has 0 saturated carbocycles. The number of aromatic nitrogens is 1. The molecule has 40 heavy (non-hydrogen) atoms. The van der Waals surface area contributed by atoms with Crippen molar-refractivity contribution in [2.24, 2.45) is 0 Å². The molecule has 3 nitrogen and oxygen atoms in total. The van der Waals surface area contributed by atoms with E-state index in [1.807, 2.05) is 0 Å². The highest BCUT2D eigenvalue weighted by Crippen LogP contribution is 2.44. The summed E-state index contributed by atoms with van der Waals surface area (Å²) in [6.07, 6.45) is 0.955. The fourth-order valence-corrected chi connectivity index (χ4v) is 6.43. The third-order valence-electron chi connectivity index (χ3n) is 8.43. The molecule has 1 aliphatic carbocycles. The molecule has 0 spiro atoms. The van der Waals surface area contributed by atoms with Crippen molar-refractivity contribution in [2.45, 2.75) is 19.4 Å². The van der Waals surface area contributed by atoms with Gasteiger partial charge in [0.1, 0.15) is 0 Å². The van der Waals surface area contributed by atoms with Crippen molar-refractivity contribution < 1.29 is 0 Å². The van der Waals surface area contributed by atoms with Gasteiger partial charge in [-0.25, -0.2) is 0 Å². The number of nitrogens with one attached hydrogen (secondary N) is 2. The van der Waals surface area contributed by atoms with E-state index in [1.165, 1.54) is 60.4 Å². The van der Waals surface area contributed by atoms with E-state index in [-0.39, 0.29) is 6.04 Å². The van der Waals surface area contributed by atoms with Gasteiger partial charge in [-0.1, -0.05) is 97.1 Å². The van der Waals surface area contributed by atoms with Crippen LogP contribution in [0.3, 0.4) is 0 Å². The average Bonchev–Trinajstić information content (AvgIpc) is 3.52. The molecule has 0 saturated heterocycles. The highest BCUT2D eigenvalue weighted by atomic mass is 15.4. The second-order valence-corrected chi connectivity index (χ2v) is 10.8. The Morgan fingerprint density at radius 1 is 0.600 bits per heavy atom. The Bertz CT molecular complexity index is 2050. The van der Waals surface area contributed by atoms with Crippen molar-refractivity contribution in [1.82, 2.24) is 4.68 Å². The predicted octanol–water partition coefficient (Wildman–Crippen LogP) is 9.57. The molecule has 1 aliphatic rings. The molecule has 1 atom stereocenters. The van der Waals surface area contributed by atoms with Crippen LogP contribution in [0.25, 0.3) is 43.7 Å². The minimum atomic E-state index is 0.180. The summed E-state index contributed by atoms with van der Waals surface area (Å²) in [6.45, 7) is 2.21. The monoisotopic (exact) mass is 515 g/mol.